The van der Waals surface area contributed by atoms with E-state index in [1.54, 1.807) is 55.5 Å². The maximum Gasteiger partial charge on any atom is 0.253 e. The van der Waals surface area contributed by atoms with Gasteiger partial charge in [-0.3, -0.25) is 9.59 Å². The molecule has 0 unspecified atom stereocenters. The van der Waals surface area contributed by atoms with E-state index in [9.17, 15) is 9.59 Å². The molecular formula is C22H23N5O4. The Morgan fingerprint density at radius 2 is 1.65 bits per heavy atom. The van der Waals surface area contributed by atoms with Gasteiger partial charge in [-0.1, -0.05) is 12.1 Å². The summed E-state index contributed by atoms with van der Waals surface area (Å²) in [7, 11) is 3.13. The van der Waals surface area contributed by atoms with Gasteiger partial charge in [0.05, 0.1) is 19.7 Å². The number of ether oxygens (including phenoxy) is 2. The molecule has 2 heterocycles. The van der Waals surface area contributed by atoms with Gasteiger partial charge in [0.25, 0.3) is 5.91 Å². The van der Waals surface area contributed by atoms with Crippen LogP contribution in [0.5, 0.6) is 11.5 Å². The van der Waals surface area contributed by atoms with Crippen molar-refractivity contribution in [3.63, 3.8) is 0 Å². The number of rotatable bonds is 5. The highest BCUT2D eigenvalue weighted by Gasteiger charge is 2.24. The third kappa shape index (κ3) is 3.94. The van der Waals surface area contributed by atoms with Gasteiger partial charge < -0.3 is 25.0 Å². The number of anilines is 2. The number of nitrogens with two attached hydrogens (primary N) is 1. The van der Waals surface area contributed by atoms with E-state index >= 15 is 0 Å². The van der Waals surface area contributed by atoms with Gasteiger partial charge in [-0.05, 0) is 18.2 Å². The summed E-state index contributed by atoms with van der Waals surface area (Å²) < 4.78 is 10.7. The number of hydrogen-bond acceptors (Lipinski definition) is 8. The van der Waals surface area contributed by atoms with E-state index in [0.717, 1.165) is 6.29 Å². The summed E-state index contributed by atoms with van der Waals surface area (Å²) >= 11 is 0. The molecule has 1 aliphatic rings. The first-order valence-corrected chi connectivity index (χ1v) is 9.82. The van der Waals surface area contributed by atoms with Gasteiger partial charge in [0.15, 0.2) is 11.5 Å². The first kappa shape index (κ1) is 20.4. The number of piperazine rings is 1. The molecule has 9 heteroatoms. The van der Waals surface area contributed by atoms with Crippen molar-refractivity contribution in [2.24, 2.45) is 0 Å². The van der Waals surface area contributed by atoms with E-state index in [0.29, 0.717) is 71.5 Å². The molecule has 1 saturated heterocycles. The van der Waals surface area contributed by atoms with Gasteiger partial charge in [-0.2, -0.15) is 4.98 Å². The predicted octanol–water partition coefficient (Wildman–Crippen LogP) is 2.00. The molecule has 0 aliphatic carbocycles. The molecule has 0 bridgehead atoms. The summed E-state index contributed by atoms with van der Waals surface area (Å²) in [5.74, 6) is 1.93. The van der Waals surface area contributed by atoms with Crippen molar-refractivity contribution in [3.8, 4) is 11.5 Å². The number of nitrogen functional groups attached to an aromatic ring is 1. The monoisotopic (exact) mass is 421 g/mol. The van der Waals surface area contributed by atoms with Crippen molar-refractivity contribution in [1.29, 1.82) is 0 Å². The van der Waals surface area contributed by atoms with Crippen LogP contribution in [0.2, 0.25) is 0 Å². The highest BCUT2D eigenvalue weighted by atomic mass is 16.5. The Kier molecular flexibility index (Phi) is 5.57. The van der Waals surface area contributed by atoms with Crippen molar-refractivity contribution in [3.05, 3.63) is 47.5 Å². The van der Waals surface area contributed by atoms with Gasteiger partial charge in [0.1, 0.15) is 12.1 Å². The van der Waals surface area contributed by atoms with Gasteiger partial charge in [-0.15, -0.1) is 0 Å². The van der Waals surface area contributed by atoms with E-state index in [4.69, 9.17) is 15.2 Å². The number of amides is 1. The lowest BCUT2D eigenvalue weighted by atomic mass is 10.1. The number of benzene rings is 2. The molecule has 0 saturated carbocycles. The van der Waals surface area contributed by atoms with Gasteiger partial charge >= 0.3 is 0 Å². The maximum atomic E-state index is 12.7. The minimum atomic E-state index is -0.0622. The molecule has 4 rings (SSSR count). The molecular weight excluding hydrogens is 398 g/mol. The normalized spacial score (nSPS) is 13.9. The molecule has 31 heavy (non-hydrogen) atoms. The second kappa shape index (κ2) is 8.47. The van der Waals surface area contributed by atoms with Crippen LogP contribution >= 0.6 is 0 Å². The Morgan fingerprint density at radius 1 is 1.00 bits per heavy atom. The van der Waals surface area contributed by atoms with Crippen LogP contribution in [0.15, 0.2) is 36.4 Å². The number of hydrogen-bond donors (Lipinski definition) is 1. The first-order valence-electron chi connectivity index (χ1n) is 9.82. The Hall–Kier alpha value is -3.88. The second-order valence-electron chi connectivity index (χ2n) is 7.15. The fourth-order valence-corrected chi connectivity index (χ4v) is 3.60. The van der Waals surface area contributed by atoms with Crippen LogP contribution in [0.4, 0.5) is 11.8 Å². The van der Waals surface area contributed by atoms with Crippen molar-refractivity contribution in [2.75, 3.05) is 51.0 Å². The topological polar surface area (TPSA) is 111 Å². The third-order valence-corrected chi connectivity index (χ3v) is 5.36. The first-order chi connectivity index (χ1) is 15.0. The molecule has 2 aromatic carbocycles. The minimum absolute atomic E-state index is 0.0622. The van der Waals surface area contributed by atoms with Gasteiger partial charge in [-0.25, -0.2) is 4.98 Å². The quantitative estimate of drug-likeness (QED) is 0.623. The molecule has 1 fully saturated rings. The van der Waals surface area contributed by atoms with Crippen molar-refractivity contribution < 1.29 is 19.1 Å². The number of nitrogens with zero attached hydrogens (tertiary/aromatic N) is 4. The van der Waals surface area contributed by atoms with Gasteiger partial charge in [0, 0.05) is 48.8 Å². The Balaban J connectivity index is 1.51. The smallest absolute Gasteiger partial charge is 0.253 e. The zero-order valence-electron chi connectivity index (χ0n) is 17.4. The van der Waals surface area contributed by atoms with Crippen molar-refractivity contribution in [2.45, 2.75) is 0 Å². The molecule has 1 amide bonds. The van der Waals surface area contributed by atoms with Crippen molar-refractivity contribution >= 4 is 34.9 Å². The van der Waals surface area contributed by atoms with E-state index in [-0.39, 0.29) is 5.91 Å². The Morgan fingerprint density at radius 3 is 2.26 bits per heavy atom. The zero-order valence-corrected chi connectivity index (χ0v) is 17.4. The summed E-state index contributed by atoms with van der Waals surface area (Å²) in [6.45, 7) is 2.22. The number of fused-ring (bicyclic) bond motifs is 1. The van der Waals surface area contributed by atoms with Crippen LogP contribution in [0.3, 0.4) is 0 Å². The average Bonchev–Trinajstić information content (AvgIpc) is 2.82. The number of carbonyl (C=O) groups is 2. The second-order valence-corrected chi connectivity index (χ2v) is 7.15. The molecule has 1 aromatic heterocycles. The minimum Gasteiger partial charge on any atom is -0.493 e. The summed E-state index contributed by atoms with van der Waals surface area (Å²) in [4.78, 5) is 36.4. The van der Waals surface area contributed by atoms with Crippen LogP contribution in [0.1, 0.15) is 20.7 Å². The fourth-order valence-electron chi connectivity index (χ4n) is 3.60. The van der Waals surface area contributed by atoms with Crippen LogP contribution in [-0.2, 0) is 0 Å². The highest BCUT2D eigenvalue weighted by Crippen LogP contribution is 2.34. The standard InChI is InChI=1S/C22H23N5O4/c1-30-18-11-16-17(12-19(18)31-2)24-22(25-20(16)23)27-9-7-26(8-10-27)21(29)15-5-3-14(13-28)4-6-15/h3-6,11-13H,7-10H2,1-2H3,(H2,23,24,25). The summed E-state index contributed by atoms with van der Waals surface area (Å²) in [6.07, 6.45) is 0.758. The molecule has 0 radical (unpaired) electrons. The molecule has 3 aromatic rings. The average molecular weight is 421 g/mol. The van der Waals surface area contributed by atoms with E-state index in [1.807, 2.05) is 4.90 Å². The molecule has 160 valence electrons. The number of aromatic nitrogens is 2. The van der Waals surface area contributed by atoms with Crippen LogP contribution in [0.25, 0.3) is 10.9 Å². The summed E-state index contributed by atoms with van der Waals surface area (Å²) in [6, 6.07) is 10.2. The van der Waals surface area contributed by atoms with E-state index in [2.05, 4.69) is 9.97 Å². The van der Waals surface area contributed by atoms with Crippen LogP contribution < -0.4 is 20.1 Å². The summed E-state index contributed by atoms with van der Waals surface area (Å²) in [5.41, 5.74) is 7.96. The molecule has 9 nitrogen and oxygen atoms in total. The van der Waals surface area contributed by atoms with Crippen molar-refractivity contribution in [1.82, 2.24) is 14.9 Å². The molecule has 0 spiro atoms. The lowest BCUT2D eigenvalue weighted by Crippen LogP contribution is -2.49. The summed E-state index contributed by atoms with van der Waals surface area (Å²) in [5, 5.41) is 0.689. The maximum absolute atomic E-state index is 12.7. The van der Waals surface area contributed by atoms with Crippen LogP contribution in [-0.4, -0.2) is 67.5 Å². The zero-order chi connectivity index (χ0) is 22.0. The molecule has 1 aliphatic heterocycles. The Bertz CT molecular complexity index is 1120. The number of aldehydes is 1. The Labute approximate surface area is 179 Å². The lowest BCUT2D eigenvalue weighted by molar-refractivity contribution is 0.0746. The number of methoxy groups -OCH3 is 2. The molecule has 2 N–H and O–H groups in total. The number of carbonyl (C=O) groups excluding carboxylic acids is 2. The van der Waals surface area contributed by atoms with E-state index < -0.39 is 0 Å². The largest absolute Gasteiger partial charge is 0.493 e. The molecule has 0 atom stereocenters. The van der Waals surface area contributed by atoms with E-state index in [1.165, 1.54) is 0 Å². The third-order valence-electron chi connectivity index (χ3n) is 5.36. The lowest BCUT2D eigenvalue weighted by Gasteiger charge is -2.35. The highest BCUT2D eigenvalue weighted by molar-refractivity contribution is 5.95. The van der Waals surface area contributed by atoms with Crippen LogP contribution in [0, 0.1) is 0 Å². The SMILES string of the molecule is COc1cc2nc(N3CCN(C(=O)c4ccc(C=O)cc4)CC3)nc(N)c2cc1OC. The van der Waals surface area contributed by atoms with Gasteiger partial charge in [0.2, 0.25) is 5.95 Å². The predicted molar refractivity (Wildman–Crippen MR) is 117 cm³/mol. The fraction of sp³-hybridized carbons (Fsp3) is 0.273.